The quantitative estimate of drug-likeness (QED) is 0.707. The number of aromatic nitrogens is 3. The van der Waals surface area contributed by atoms with Gasteiger partial charge in [0, 0.05) is 12.3 Å². The molecule has 0 aliphatic rings. The molecule has 0 N–H and O–H groups in total. The van der Waals surface area contributed by atoms with Gasteiger partial charge >= 0.3 is 6.36 Å². The van der Waals surface area contributed by atoms with E-state index in [0.717, 1.165) is 6.07 Å². The molecule has 2 aromatic heterocycles. The van der Waals surface area contributed by atoms with Crippen LogP contribution in [0.2, 0.25) is 0 Å². The number of halogens is 3. The highest BCUT2D eigenvalue weighted by Gasteiger charge is 2.31. The summed E-state index contributed by atoms with van der Waals surface area (Å²) in [5, 5.41) is 7.09. The summed E-state index contributed by atoms with van der Waals surface area (Å²) in [7, 11) is 0. The molecule has 2 rings (SSSR count). The molecule has 0 spiro atoms. The first-order valence-corrected chi connectivity index (χ1v) is 3.60. The number of hydrogen-bond donors (Lipinski definition) is 0. The summed E-state index contributed by atoms with van der Waals surface area (Å²) in [6, 6.07) is 2.34. The third-order valence-corrected chi connectivity index (χ3v) is 1.51. The molecular weight excluding hydrogens is 199 g/mol. The third-order valence-electron chi connectivity index (χ3n) is 1.51. The van der Waals surface area contributed by atoms with Gasteiger partial charge in [-0.25, -0.2) is 0 Å². The zero-order valence-corrected chi connectivity index (χ0v) is 6.69. The molecule has 0 aromatic carbocycles. The van der Waals surface area contributed by atoms with Crippen LogP contribution < -0.4 is 4.74 Å². The van der Waals surface area contributed by atoms with Gasteiger partial charge < -0.3 is 4.74 Å². The van der Waals surface area contributed by atoms with Gasteiger partial charge in [0.2, 0.25) is 0 Å². The zero-order valence-electron chi connectivity index (χ0n) is 6.69. The van der Waals surface area contributed by atoms with Crippen LogP contribution in [0.25, 0.3) is 5.65 Å². The van der Waals surface area contributed by atoms with Crippen LogP contribution in [-0.2, 0) is 0 Å². The molecule has 0 saturated heterocycles. The second kappa shape index (κ2) is 2.86. The van der Waals surface area contributed by atoms with Crippen molar-refractivity contribution < 1.29 is 17.9 Å². The molecule has 7 heteroatoms. The molecule has 14 heavy (non-hydrogen) atoms. The van der Waals surface area contributed by atoms with Crippen molar-refractivity contribution in [1.82, 2.24) is 14.6 Å². The standard InChI is InChI=1S/C7H4F3N3O/c8-7(9,10)14-5-1-2-13-4-11-12-6(13)3-5/h1-4H. The van der Waals surface area contributed by atoms with E-state index in [9.17, 15) is 13.2 Å². The fourth-order valence-corrected chi connectivity index (χ4v) is 0.996. The number of pyridine rings is 1. The molecule has 2 aromatic rings. The maximum Gasteiger partial charge on any atom is 0.573 e. The van der Waals surface area contributed by atoms with Crippen LogP contribution >= 0.6 is 0 Å². The molecular formula is C7H4F3N3O. The van der Waals surface area contributed by atoms with E-state index in [1.54, 1.807) is 0 Å². The van der Waals surface area contributed by atoms with Gasteiger partial charge in [-0.15, -0.1) is 23.4 Å². The first-order valence-electron chi connectivity index (χ1n) is 3.60. The lowest BCUT2D eigenvalue weighted by Crippen LogP contribution is -2.17. The lowest BCUT2D eigenvalue weighted by Gasteiger charge is -2.07. The Morgan fingerprint density at radius 3 is 2.86 bits per heavy atom. The van der Waals surface area contributed by atoms with Crippen LogP contribution in [0.15, 0.2) is 24.7 Å². The molecule has 0 amide bonds. The van der Waals surface area contributed by atoms with Gasteiger partial charge in [0.1, 0.15) is 12.1 Å². The maximum absolute atomic E-state index is 11.8. The number of fused-ring (bicyclic) bond motifs is 1. The van der Waals surface area contributed by atoms with Gasteiger partial charge in [0.05, 0.1) is 0 Å². The summed E-state index contributed by atoms with van der Waals surface area (Å²) >= 11 is 0. The number of rotatable bonds is 1. The Morgan fingerprint density at radius 2 is 2.14 bits per heavy atom. The lowest BCUT2D eigenvalue weighted by molar-refractivity contribution is -0.274. The minimum atomic E-state index is -4.68. The van der Waals surface area contributed by atoms with Crippen molar-refractivity contribution >= 4 is 5.65 Å². The second-order valence-electron chi connectivity index (χ2n) is 2.51. The first kappa shape index (κ1) is 8.79. The molecule has 4 nitrogen and oxygen atoms in total. The van der Waals surface area contributed by atoms with Gasteiger partial charge in [0.15, 0.2) is 5.65 Å². The smallest absolute Gasteiger partial charge is 0.406 e. The number of hydrogen-bond acceptors (Lipinski definition) is 3. The molecule has 0 saturated carbocycles. The summed E-state index contributed by atoms with van der Waals surface area (Å²) in [6.07, 6.45) is -1.92. The van der Waals surface area contributed by atoms with Crippen LogP contribution in [-0.4, -0.2) is 21.0 Å². The summed E-state index contributed by atoms with van der Waals surface area (Å²) in [4.78, 5) is 0. The minimum Gasteiger partial charge on any atom is -0.406 e. The zero-order chi connectivity index (χ0) is 10.2. The van der Waals surface area contributed by atoms with Gasteiger partial charge in [-0.1, -0.05) is 0 Å². The molecule has 0 fully saturated rings. The number of ether oxygens (including phenoxy) is 1. The average molecular weight is 203 g/mol. The Hall–Kier alpha value is -1.79. The SMILES string of the molecule is FC(F)(F)Oc1ccn2cnnc2c1. The fraction of sp³-hybridized carbons (Fsp3) is 0.143. The van der Waals surface area contributed by atoms with Gasteiger partial charge in [0.25, 0.3) is 0 Å². The van der Waals surface area contributed by atoms with Crippen LogP contribution in [0, 0.1) is 0 Å². The van der Waals surface area contributed by atoms with Crippen molar-refractivity contribution in [3.8, 4) is 5.75 Å². The van der Waals surface area contributed by atoms with Crippen molar-refractivity contribution in [3.05, 3.63) is 24.7 Å². The molecule has 0 aliphatic carbocycles. The van der Waals surface area contributed by atoms with Crippen LogP contribution in [0.4, 0.5) is 13.2 Å². The third kappa shape index (κ3) is 1.76. The molecule has 2 heterocycles. The van der Waals surface area contributed by atoms with E-state index in [1.165, 1.54) is 23.0 Å². The van der Waals surface area contributed by atoms with Crippen molar-refractivity contribution in [3.63, 3.8) is 0 Å². The fourth-order valence-electron chi connectivity index (χ4n) is 0.996. The molecule has 0 radical (unpaired) electrons. The van der Waals surface area contributed by atoms with Crippen LogP contribution in [0.1, 0.15) is 0 Å². The molecule has 0 bridgehead atoms. The van der Waals surface area contributed by atoms with E-state index in [2.05, 4.69) is 14.9 Å². The van der Waals surface area contributed by atoms with E-state index >= 15 is 0 Å². The summed E-state index contributed by atoms with van der Waals surface area (Å²) in [6.45, 7) is 0. The van der Waals surface area contributed by atoms with Gasteiger partial charge in [-0.05, 0) is 6.07 Å². The first-order chi connectivity index (χ1) is 6.54. The predicted octanol–water partition coefficient (Wildman–Crippen LogP) is 1.63. The molecule has 74 valence electrons. The largest absolute Gasteiger partial charge is 0.573 e. The van der Waals surface area contributed by atoms with E-state index in [-0.39, 0.29) is 5.75 Å². The normalized spacial score (nSPS) is 11.9. The Balaban J connectivity index is 2.35. The minimum absolute atomic E-state index is 0.298. The van der Waals surface area contributed by atoms with E-state index in [1.807, 2.05) is 0 Å². The van der Waals surface area contributed by atoms with Gasteiger partial charge in [-0.3, -0.25) is 4.40 Å². The van der Waals surface area contributed by atoms with E-state index < -0.39 is 6.36 Å². The Bertz CT molecular complexity index is 451. The summed E-state index contributed by atoms with van der Waals surface area (Å²) in [5.74, 6) is -0.307. The Labute approximate surface area is 75.9 Å². The monoisotopic (exact) mass is 203 g/mol. The Morgan fingerprint density at radius 1 is 1.36 bits per heavy atom. The maximum atomic E-state index is 11.8. The van der Waals surface area contributed by atoms with Crippen LogP contribution in [0.5, 0.6) is 5.75 Å². The molecule has 0 aliphatic heterocycles. The van der Waals surface area contributed by atoms with Crippen molar-refractivity contribution in [2.24, 2.45) is 0 Å². The van der Waals surface area contributed by atoms with Gasteiger partial charge in [-0.2, -0.15) is 0 Å². The van der Waals surface area contributed by atoms with Crippen molar-refractivity contribution in [1.29, 1.82) is 0 Å². The molecule has 0 unspecified atom stereocenters. The second-order valence-corrected chi connectivity index (χ2v) is 2.51. The average Bonchev–Trinajstić information content (AvgIpc) is 2.47. The highest BCUT2D eigenvalue weighted by Crippen LogP contribution is 2.22. The summed E-state index contributed by atoms with van der Waals surface area (Å²) < 4.78 is 40.6. The van der Waals surface area contributed by atoms with E-state index in [4.69, 9.17) is 0 Å². The van der Waals surface area contributed by atoms with Crippen molar-refractivity contribution in [2.75, 3.05) is 0 Å². The number of alkyl halides is 3. The number of nitrogens with zero attached hydrogens (tertiary/aromatic N) is 3. The molecule has 0 atom stereocenters. The van der Waals surface area contributed by atoms with E-state index in [0.29, 0.717) is 5.65 Å². The van der Waals surface area contributed by atoms with Crippen LogP contribution in [0.3, 0.4) is 0 Å². The Kier molecular flexibility index (Phi) is 1.80. The van der Waals surface area contributed by atoms with Crippen molar-refractivity contribution in [2.45, 2.75) is 6.36 Å². The summed E-state index contributed by atoms with van der Waals surface area (Å²) in [5.41, 5.74) is 0.298. The predicted molar refractivity (Wildman–Crippen MR) is 39.7 cm³/mol. The lowest BCUT2D eigenvalue weighted by atomic mass is 10.4. The topological polar surface area (TPSA) is 39.4 Å². The highest BCUT2D eigenvalue weighted by molar-refractivity contribution is 5.42. The highest BCUT2D eigenvalue weighted by atomic mass is 19.4.